The minimum absolute atomic E-state index is 0. The summed E-state index contributed by atoms with van der Waals surface area (Å²) < 4.78 is 1.88. The quantitative estimate of drug-likeness (QED) is 0.738. The van der Waals surface area contributed by atoms with Crippen LogP contribution in [-0.2, 0) is 19.5 Å². The fourth-order valence-corrected chi connectivity index (χ4v) is 3.15. The van der Waals surface area contributed by atoms with Crippen molar-refractivity contribution in [2.24, 2.45) is 5.73 Å². The second kappa shape index (κ2) is 13.5. The summed E-state index contributed by atoms with van der Waals surface area (Å²) in [5.74, 6) is 0. The molecule has 150 valence electrons. The summed E-state index contributed by atoms with van der Waals surface area (Å²) in [5.41, 5.74) is 9.15. The van der Waals surface area contributed by atoms with Crippen molar-refractivity contribution in [2.75, 3.05) is 13.6 Å². The van der Waals surface area contributed by atoms with E-state index >= 15 is 0 Å². The summed E-state index contributed by atoms with van der Waals surface area (Å²) in [6.07, 6.45) is 8.36. The normalized spacial score (nSPS) is 15.0. The molecule has 0 saturated carbocycles. The number of aromatic nitrogens is 4. The molecule has 6 nitrogen and oxygen atoms in total. The van der Waals surface area contributed by atoms with Crippen molar-refractivity contribution < 1.29 is 0 Å². The van der Waals surface area contributed by atoms with Gasteiger partial charge in [0.05, 0.1) is 17.4 Å². The highest BCUT2D eigenvalue weighted by molar-refractivity contribution is 5.86. The van der Waals surface area contributed by atoms with E-state index in [1.807, 2.05) is 23.1 Å². The maximum atomic E-state index is 5.53. The molecule has 0 amide bonds. The molecule has 1 aliphatic rings. The van der Waals surface area contributed by atoms with Crippen molar-refractivity contribution in [3.05, 3.63) is 41.5 Å². The van der Waals surface area contributed by atoms with Crippen LogP contribution in [0.4, 0.5) is 0 Å². The lowest BCUT2D eigenvalue weighted by molar-refractivity contribution is 0.206. The van der Waals surface area contributed by atoms with Gasteiger partial charge in [-0.3, -0.25) is 14.6 Å². The molecule has 0 aliphatic heterocycles. The molecule has 26 heavy (non-hydrogen) atoms. The number of halogens is 4. The molecule has 1 unspecified atom stereocenters. The van der Waals surface area contributed by atoms with E-state index in [9.17, 15) is 0 Å². The number of hydrogen-bond donors (Lipinski definition) is 1. The number of aryl methyl sites for hydroxylation is 2. The maximum Gasteiger partial charge on any atom is 0.0967 e. The standard InChI is InChI=1S/C16H24N6.4ClH/c1-21(11-14-12-22(20-19-14)10-4-8-17)15-7-2-5-13-6-3-9-18-16(13)15;;;;/h3,6,9,12,15H,2,4-5,7-8,10-11,17H2,1H3;4*1H. The third-order valence-corrected chi connectivity index (χ3v) is 4.29. The topological polar surface area (TPSA) is 72.9 Å². The molecule has 2 aromatic heterocycles. The van der Waals surface area contributed by atoms with E-state index in [4.69, 9.17) is 5.73 Å². The summed E-state index contributed by atoms with van der Waals surface area (Å²) >= 11 is 0. The number of fused-ring (bicyclic) bond motifs is 1. The first-order valence-electron chi connectivity index (χ1n) is 8.01. The van der Waals surface area contributed by atoms with Gasteiger partial charge in [0.15, 0.2) is 0 Å². The molecule has 2 N–H and O–H groups in total. The molecule has 0 spiro atoms. The van der Waals surface area contributed by atoms with E-state index in [0.717, 1.165) is 38.0 Å². The zero-order valence-electron chi connectivity index (χ0n) is 14.8. The van der Waals surface area contributed by atoms with Gasteiger partial charge in [-0.1, -0.05) is 11.3 Å². The fraction of sp³-hybridized carbons (Fsp3) is 0.562. The van der Waals surface area contributed by atoms with Crippen molar-refractivity contribution in [1.82, 2.24) is 24.9 Å². The van der Waals surface area contributed by atoms with Crippen LogP contribution in [-0.4, -0.2) is 38.5 Å². The Kier molecular flexibility index (Phi) is 14.4. The lowest BCUT2D eigenvalue weighted by Gasteiger charge is -2.31. The first-order chi connectivity index (χ1) is 10.8. The number of nitrogens with two attached hydrogens (primary N) is 1. The van der Waals surface area contributed by atoms with E-state index < -0.39 is 0 Å². The van der Waals surface area contributed by atoms with Gasteiger partial charge in [0.25, 0.3) is 0 Å². The van der Waals surface area contributed by atoms with E-state index in [1.54, 1.807) is 0 Å². The zero-order valence-corrected chi connectivity index (χ0v) is 18.0. The van der Waals surface area contributed by atoms with Gasteiger partial charge in [-0.05, 0) is 50.9 Å². The highest BCUT2D eigenvalue weighted by Gasteiger charge is 2.25. The van der Waals surface area contributed by atoms with Gasteiger partial charge in [-0.15, -0.1) is 54.7 Å². The minimum Gasteiger partial charge on any atom is -0.330 e. The van der Waals surface area contributed by atoms with Gasteiger partial charge in [0.1, 0.15) is 0 Å². The minimum atomic E-state index is 0. The Hall–Kier alpha value is -0.630. The Morgan fingerprint density at radius 2 is 2.04 bits per heavy atom. The molecular weight excluding hydrogens is 418 g/mol. The van der Waals surface area contributed by atoms with Crippen LogP contribution < -0.4 is 5.73 Å². The van der Waals surface area contributed by atoms with Gasteiger partial charge in [-0.2, -0.15) is 0 Å². The van der Waals surface area contributed by atoms with Crippen LogP contribution in [0.5, 0.6) is 0 Å². The van der Waals surface area contributed by atoms with Crippen molar-refractivity contribution in [3.63, 3.8) is 0 Å². The number of nitrogens with zero attached hydrogens (tertiary/aromatic N) is 5. The van der Waals surface area contributed by atoms with Gasteiger partial charge in [0.2, 0.25) is 0 Å². The third kappa shape index (κ3) is 6.83. The van der Waals surface area contributed by atoms with Crippen molar-refractivity contribution in [2.45, 2.75) is 44.8 Å². The van der Waals surface area contributed by atoms with Gasteiger partial charge >= 0.3 is 0 Å². The van der Waals surface area contributed by atoms with Gasteiger partial charge < -0.3 is 5.73 Å². The van der Waals surface area contributed by atoms with Crippen LogP contribution >= 0.6 is 49.6 Å². The molecular formula is C16H28Cl4N6. The van der Waals surface area contributed by atoms with Crippen LogP contribution in [0.3, 0.4) is 0 Å². The fourth-order valence-electron chi connectivity index (χ4n) is 3.15. The molecule has 0 radical (unpaired) electrons. The predicted molar refractivity (Wildman–Crippen MR) is 114 cm³/mol. The molecule has 10 heteroatoms. The molecule has 2 heterocycles. The van der Waals surface area contributed by atoms with Crippen molar-refractivity contribution in [1.29, 1.82) is 0 Å². The summed E-state index contributed by atoms with van der Waals surface area (Å²) in [6.45, 7) is 2.31. The SMILES string of the molecule is CN(Cc1cn(CCCN)nn1)C1CCCc2cccnc21.Cl.Cl.Cl.Cl. The molecule has 1 aliphatic carbocycles. The lowest BCUT2D eigenvalue weighted by atomic mass is 9.91. The number of hydrogen-bond acceptors (Lipinski definition) is 5. The Bertz CT molecular complexity index is 624. The maximum absolute atomic E-state index is 5.53. The van der Waals surface area contributed by atoms with E-state index in [0.29, 0.717) is 12.6 Å². The third-order valence-electron chi connectivity index (χ3n) is 4.29. The summed E-state index contributed by atoms with van der Waals surface area (Å²) in [4.78, 5) is 6.95. The van der Waals surface area contributed by atoms with E-state index in [1.165, 1.54) is 17.7 Å². The van der Waals surface area contributed by atoms with Crippen LogP contribution in [0, 0.1) is 0 Å². The van der Waals surface area contributed by atoms with Crippen LogP contribution in [0.15, 0.2) is 24.5 Å². The molecule has 0 aromatic carbocycles. The highest BCUT2D eigenvalue weighted by atomic mass is 35.5. The monoisotopic (exact) mass is 444 g/mol. The predicted octanol–water partition coefficient (Wildman–Crippen LogP) is 3.22. The van der Waals surface area contributed by atoms with Crippen LogP contribution in [0.25, 0.3) is 0 Å². The first-order valence-corrected chi connectivity index (χ1v) is 8.01. The largest absolute Gasteiger partial charge is 0.330 e. The average molecular weight is 446 g/mol. The average Bonchev–Trinajstić information content (AvgIpc) is 2.99. The number of rotatable bonds is 6. The molecule has 3 rings (SSSR count). The Balaban J connectivity index is 0. The van der Waals surface area contributed by atoms with Crippen molar-refractivity contribution >= 4 is 49.6 Å². The number of pyridine rings is 1. The molecule has 1 atom stereocenters. The summed E-state index contributed by atoms with van der Waals surface area (Å²) in [7, 11) is 2.15. The highest BCUT2D eigenvalue weighted by Crippen LogP contribution is 2.32. The molecule has 0 saturated heterocycles. The van der Waals surface area contributed by atoms with Gasteiger partial charge in [0, 0.05) is 25.5 Å². The van der Waals surface area contributed by atoms with Crippen LogP contribution in [0.1, 0.15) is 42.3 Å². The Labute approximate surface area is 179 Å². The Morgan fingerprint density at radius 3 is 2.77 bits per heavy atom. The smallest absolute Gasteiger partial charge is 0.0967 e. The van der Waals surface area contributed by atoms with Crippen molar-refractivity contribution in [3.8, 4) is 0 Å². The van der Waals surface area contributed by atoms with Gasteiger partial charge in [-0.25, -0.2) is 0 Å². The summed E-state index contributed by atoms with van der Waals surface area (Å²) in [5, 5.41) is 8.43. The van der Waals surface area contributed by atoms with E-state index in [-0.39, 0.29) is 49.6 Å². The second-order valence-corrected chi connectivity index (χ2v) is 5.99. The lowest BCUT2D eigenvalue weighted by Crippen LogP contribution is -2.28. The molecule has 0 fully saturated rings. The zero-order chi connectivity index (χ0) is 15.4. The van der Waals surface area contributed by atoms with E-state index in [2.05, 4.69) is 33.3 Å². The second-order valence-electron chi connectivity index (χ2n) is 5.99. The first kappa shape index (κ1) is 27.6. The van der Waals surface area contributed by atoms with Crippen LogP contribution in [0.2, 0.25) is 0 Å². The summed E-state index contributed by atoms with van der Waals surface area (Å²) in [6, 6.07) is 4.61. The molecule has 0 bridgehead atoms. The Morgan fingerprint density at radius 1 is 1.27 bits per heavy atom. The molecule has 2 aromatic rings.